The van der Waals surface area contributed by atoms with E-state index in [9.17, 15) is 0 Å². The van der Waals surface area contributed by atoms with E-state index in [1.54, 1.807) is 0 Å². The Morgan fingerprint density at radius 2 is 2.12 bits per heavy atom. The maximum atomic E-state index is 5.80. The summed E-state index contributed by atoms with van der Waals surface area (Å²) in [4.78, 5) is 0. The Morgan fingerprint density at radius 1 is 1.35 bits per heavy atom. The SMILES string of the molecule is C=CCc1cccc(OC(CC)OC(C)C)c1. The van der Waals surface area contributed by atoms with Crippen LogP contribution >= 0.6 is 0 Å². The van der Waals surface area contributed by atoms with Crippen molar-refractivity contribution in [3.05, 3.63) is 42.5 Å². The minimum absolute atomic E-state index is 0.172. The van der Waals surface area contributed by atoms with Crippen molar-refractivity contribution < 1.29 is 9.47 Å². The molecule has 1 atom stereocenters. The molecule has 2 heteroatoms. The summed E-state index contributed by atoms with van der Waals surface area (Å²) in [6, 6.07) is 8.06. The van der Waals surface area contributed by atoms with Crippen LogP contribution in [0.2, 0.25) is 0 Å². The summed E-state index contributed by atoms with van der Waals surface area (Å²) >= 11 is 0. The van der Waals surface area contributed by atoms with Gasteiger partial charge in [0.15, 0.2) is 6.29 Å². The first kappa shape index (κ1) is 13.8. The van der Waals surface area contributed by atoms with Gasteiger partial charge in [-0.05, 0) is 38.0 Å². The zero-order chi connectivity index (χ0) is 12.7. The highest BCUT2D eigenvalue weighted by molar-refractivity contribution is 5.29. The van der Waals surface area contributed by atoms with Crippen LogP contribution in [0.4, 0.5) is 0 Å². The average Bonchev–Trinajstić information content (AvgIpc) is 2.28. The van der Waals surface area contributed by atoms with Crippen molar-refractivity contribution in [3.8, 4) is 5.75 Å². The van der Waals surface area contributed by atoms with Crippen LogP contribution in [0.5, 0.6) is 5.75 Å². The van der Waals surface area contributed by atoms with Gasteiger partial charge < -0.3 is 9.47 Å². The molecule has 0 N–H and O–H groups in total. The summed E-state index contributed by atoms with van der Waals surface area (Å²) < 4.78 is 11.5. The molecule has 0 aliphatic rings. The molecule has 1 aromatic rings. The Bertz CT molecular complexity index is 345. The van der Waals surface area contributed by atoms with Gasteiger partial charge in [0, 0.05) is 6.42 Å². The van der Waals surface area contributed by atoms with Crippen LogP contribution in [0.15, 0.2) is 36.9 Å². The minimum atomic E-state index is -0.172. The van der Waals surface area contributed by atoms with Crippen LogP contribution in [0, 0.1) is 0 Å². The molecular weight excluding hydrogens is 212 g/mol. The van der Waals surface area contributed by atoms with E-state index >= 15 is 0 Å². The summed E-state index contributed by atoms with van der Waals surface area (Å²) in [5, 5.41) is 0. The molecule has 0 fully saturated rings. The van der Waals surface area contributed by atoms with Crippen LogP contribution in [-0.2, 0) is 11.2 Å². The monoisotopic (exact) mass is 234 g/mol. The highest BCUT2D eigenvalue weighted by Crippen LogP contribution is 2.17. The molecule has 0 saturated carbocycles. The second-order valence-electron chi connectivity index (χ2n) is 4.28. The Kier molecular flexibility index (Phi) is 5.78. The van der Waals surface area contributed by atoms with Gasteiger partial charge in [-0.15, -0.1) is 6.58 Å². The van der Waals surface area contributed by atoms with Gasteiger partial charge in [-0.25, -0.2) is 0 Å². The molecule has 1 aromatic carbocycles. The molecule has 94 valence electrons. The van der Waals surface area contributed by atoms with Crippen molar-refractivity contribution in [1.29, 1.82) is 0 Å². The maximum Gasteiger partial charge on any atom is 0.199 e. The van der Waals surface area contributed by atoms with Crippen molar-refractivity contribution in [2.24, 2.45) is 0 Å². The lowest BCUT2D eigenvalue weighted by Gasteiger charge is -2.20. The quantitative estimate of drug-likeness (QED) is 0.525. The fourth-order valence-electron chi connectivity index (χ4n) is 1.58. The molecule has 0 aromatic heterocycles. The van der Waals surface area contributed by atoms with Crippen molar-refractivity contribution in [2.45, 2.75) is 46.0 Å². The third-order valence-corrected chi connectivity index (χ3v) is 2.30. The molecule has 0 amide bonds. The lowest BCUT2D eigenvalue weighted by Crippen LogP contribution is -2.23. The van der Waals surface area contributed by atoms with Gasteiger partial charge in [0.2, 0.25) is 0 Å². The van der Waals surface area contributed by atoms with Crippen LogP contribution in [-0.4, -0.2) is 12.4 Å². The highest BCUT2D eigenvalue weighted by atomic mass is 16.7. The first-order valence-corrected chi connectivity index (χ1v) is 6.17. The third-order valence-electron chi connectivity index (χ3n) is 2.30. The molecule has 2 nitrogen and oxygen atoms in total. The van der Waals surface area contributed by atoms with E-state index in [4.69, 9.17) is 9.47 Å². The predicted octanol–water partition coefficient (Wildman–Crippen LogP) is 3.96. The van der Waals surface area contributed by atoms with E-state index in [-0.39, 0.29) is 12.4 Å². The van der Waals surface area contributed by atoms with Crippen molar-refractivity contribution in [3.63, 3.8) is 0 Å². The molecular formula is C15H22O2. The molecule has 0 spiro atoms. The van der Waals surface area contributed by atoms with Gasteiger partial charge in [-0.1, -0.05) is 25.1 Å². The number of allylic oxidation sites excluding steroid dienone is 1. The summed E-state index contributed by atoms with van der Waals surface area (Å²) in [5.41, 5.74) is 1.21. The van der Waals surface area contributed by atoms with Gasteiger partial charge in [-0.2, -0.15) is 0 Å². The van der Waals surface area contributed by atoms with Crippen LogP contribution in [0.1, 0.15) is 32.8 Å². The fourth-order valence-corrected chi connectivity index (χ4v) is 1.58. The van der Waals surface area contributed by atoms with Crippen LogP contribution in [0.25, 0.3) is 0 Å². The van der Waals surface area contributed by atoms with E-state index in [0.29, 0.717) is 0 Å². The largest absolute Gasteiger partial charge is 0.465 e. The normalized spacial score (nSPS) is 12.5. The van der Waals surface area contributed by atoms with Gasteiger partial charge >= 0.3 is 0 Å². The van der Waals surface area contributed by atoms with E-state index in [1.165, 1.54) is 5.56 Å². The summed E-state index contributed by atoms with van der Waals surface area (Å²) in [5.74, 6) is 0.858. The van der Waals surface area contributed by atoms with Gasteiger partial charge in [0.1, 0.15) is 5.75 Å². The van der Waals surface area contributed by atoms with Crippen molar-refractivity contribution in [2.75, 3.05) is 0 Å². The summed E-state index contributed by atoms with van der Waals surface area (Å²) in [6.07, 6.45) is 3.59. The van der Waals surface area contributed by atoms with Gasteiger partial charge in [0.05, 0.1) is 6.10 Å². The summed E-state index contributed by atoms with van der Waals surface area (Å²) in [7, 11) is 0. The molecule has 0 heterocycles. The van der Waals surface area contributed by atoms with Gasteiger partial charge in [-0.3, -0.25) is 0 Å². The van der Waals surface area contributed by atoms with E-state index in [1.807, 2.05) is 38.1 Å². The maximum absolute atomic E-state index is 5.80. The number of benzene rings is 1. The Balaban J connectivity index is 2.65. The second kappa shape index (κ2) is 7.13. The first-order valence-electron chi connectivity index (χ1n) is 6.17. The molecule has 0 aliphatic heterocycles. The number of hydrogen-bond donors (Lipinski definition) is 0. The highest BCUT2D eigenvalue weighted by Gasteiger charge is 2.10. The number of hydrogen-bond acceptors (Lipinski definition) is 2. The van der Waals surface area contributed by atoms with E-state index < -0.39 is 0 Å². The topological polar surface area (TPSA) is 18.5 Å². The van der Waals surface area contributed by atoms with Gasteiger partial charge in [0.25, 0.3) is 0 Å². The van der Waals surface area contributed by atoms with E-state index in [0.717, 1.165) is 18.6 Å². The zero-order valence-corrected chi connectivity index (χ0v) is 11.0. The smallest absolute Gasteiger partial charge is 0.199 e. The lowest BCUT2D eigenvalue weighted by atomic mass is 10.1. The van der Waals surface area contributed by atoms with Crippen molar-refractivity contribution in [1.82, 2.24) is 0 Å². The van der Waals surface area contributed by atoms with Crippen molar-refractivity contribution >= 4 is 0 Å². The minimum Gasteiger partial charge on any atom is -0.465 e. The second-order valence-corrected chi connectivity index (χ2v) is 4.28. The third kappa shape index (κ3) is 5.05. The zero-order valence-electron chi connectivity index (χ0n) is 11.0. The predicted molar refractivity (Wildman–Crippen MR) is 71.3 cm³/mol. The Labute approximate surface area is 104 Å². The summed E-state index contributed by atoms with van der Waals surface area (Å²) in [6.45, 7) is 9.82. The lowest BCUT2D eigenvalue weighted by molar-refractivity contribution is -0.109. The first-order chi connectivity index (χ1) is 8.15. The van der Waals surface area contributed by atoms with Crippen LogP contribution < -0.4 is 4.74 Å². The fraction of sp³-hybridized carbons (Fsp3) is 0.467. The molecule has 0 radical (unpaired) electrons. The molecule has 1 unspecified atom stereocenters. The Morgan fingerprint density at radius 3 is 2.71 bits per heavy atom. The van der Waals surface area contributed by atoms with E-state index in [2.05, 4.69) is 19.6 Å². The standard InChI is InChI=1S/C15H22O2/c1-5-8-13-9-7-10-14(11-13)17-15(6-2)16-12(3)4/h5,7,9-12,15H,1,6,8H2,2-4H3. The molecule has 0 saturated heterocycles. The Hall–Kier alpha value is -1.28. The average molecular weight is 234 g/mol. The molecule has 0 bridgehead atoms. The molecule has 0 aliphatic carbocycles. The number of ether oxygens (including phenoxy) is 2. The number of rotatable bonds is 7. The van der Waals surface area contributed by atoms with Crippen LogP contribution in [0.3, 0.4) is 0 Å². The molecule has 17 heavy (non-hydrogen) atoms. The molecule has 1 rings (SSSR count).